The monoisotopic (exact) mass is 605 g/mol. The van der Waals surface area contributed by atoms with Crippen molar-refractivity contribution in [3.63, 3.8) is 0 Å². The van der Waals surface area contributed by atoms with Crippen LogP contribution >= 0.6 is 0 Å². The first-order valence-corrected chi connectivity index (χ1v) is 9.19. The van der Waals surface area contributed by atoms with Gasteiger partial charge in [0.1, 0.15) is 11.6 Å². The van der Waals surface area contributed by atoms with Crippen LogP contribution in [-0.4, -0.2) is 11.2 Å². The molecule has 31 heavy (non-hydrogen) atoms. The van der Waals surface area contributed by atoms with Crippen LogP contribution in [0.2, 0.25) is 0 Å². The van der Waals surface area contributed by atoms with Gasteiger partial charge in [0, 0.05) is 38.9 Å². The van der Waals surface area contributed by atoms with E-state index in [4.69, 9.17) is 0 Å². The fourth-order valence-electron chi connectivity index (χ4n) is 4.32. The van der Waals surface area contributed by atoms with Crippen molar-refractivity contribution in [2.24, 2.45) is 0 Å². The maximum Gasteiger partial charge on any atom is 0.400 e. The van der Waals surface area contributed by atoms with E-state index in [9.17, 15) is 22.0 Å². The molecule has 1 aliphatic rings. The van der Waals surface area contributed by atoms with Crippen LogP contribution < -0.4 is 0 Å². The van der Waals surface area contributed by atoms with Gasteiger partial charge in [0.15, 0.2) is 0 Å². The molecule has 1 nitrogen and oxygen atoms in total. The molecule has 160 valence electrons. The van der Waals surface area contributed by atoms with Gasteiger partial charge < -0.3 is 4.98 Å². The molecular weight excluding hydrogens is 592 g/mol. The Hall–Kier alpha value is -2.59. The zero-order valence-corrected chi connectivity index (χ0v) is 18.2. The molecule has 1 unspecified atom stereocenters. The van der Waals surface area contributed by atoms with E-state index in [1.165, 1.54) is 12.1 Å². The Morgan fingerprint density at radius 3 is 2.45 bits per heavy atom. The van der Waals surface area contributed by atoms with Crippen LogP contribution in [0.5, 0.6) is 0 Å². The first kappa shape index (κ1) is 21.6. The Kier molecular flexibility index (Phi) is 5.05. The Morgan fingerprint density at radius 2 is 1.71 bits per heavy atom. The van der Waals surface area contributed by atoms with Crippen molar-refractivity contribution in [3.05, 3.63) is 89.6 Å². The minimum atomic E-state index is -4.80. The molecule has 0 saturated heterocycles. The van der Waals surface area contributed by atoms with E-state index in [1.54, 1.807) is 12.3 Å². The molecule has 0 fully saturated rings. The van der Waals surface area contributed by atoms with Crippen molar-refractivity contribution in [2.45, 2.75) is 18.5 Å². The largest absolute Gasteiger partial charge is 0.400 e. The topological polar surface area (TPSA) is 12.9 Å². The predicted octanol–water partition coefficient (Wildman–Crippen LogP) is 6.83. The van der Waals surface area contributed by atoms with Crippen molar-refractivity contribution in [1.82, 2.24) is 4.98 Å². The number of rotatable bonds is 1. The molecule has 1 aliphatic carbocycles. The quantitative estimate of drug-likeness (QED) is 0.171. The third-order valence-electron chi connectivity index (χ3n) is 5.83. The molecule has 1 heterocycles. The third-order valence-corrected chi connectivity index (χ3v) is 5.83. The van der Waals surface area contributed by atoms with E-state index in [1.807, 2.05) is 24.3 Å². The van der Waals surface area contributed by atoms with E-state index in [0.717, 1.165) is 23.8 Å². The van der Waals surface area contributed by atoms with Gasteiger partial charge in [0.05, 0.1) is 5.41 Å². The maximum absolute atomic E-state index is 14.6. The molecule has 5 rings (SSSR count). The summed E-state index contributed by atoms with van der Waals surface area (Å²) in [5, 5.41) is 1.64. The second kappa shape index (κ2) is 7.23. The summed E-state index contributed by atoms with van der Waals surface area (Å²) in [7, 11) is 0. The van der Waals surface area contributed by atoms with Crippen molar-refractivity contribution in [2.75, 3.05) is 0 Å². The fourth-order valence-corrected chi connectivity index (χ4v) is 4.32. The number of hydrogen-bond donors (Lipinski definition) is 0. The molecule has 1 atom stereocenters. The Bertz CT molecular complexity index is 1330. The summed E-state index contributed by atoms with van der Waals surface area (Å²) in [5.74, 6) is -2.14. The van der Waals surface area contributed by atoms with Crippen molar-refractivity contribution in [1.29, 1.82) is 0 Å². The number of halogens is 5. The van der Waals surface area contributed by atoms with Crippen LogP contribution in [0, 0.1) is 17.7 Å². The molecule has 0 bridgehead atoms. The van der Waals surface area contributed by atoms with Gasteiger partial charge >= 0.3 is 6.18 Å². The molecule has 1 aromatic heterocycles. The van der Waals surface area contributed by atoms with Gasteiger partial charge in [-0.15, -0.1) is 29.3 Å². The van der Waals surface area contributed by atoms with E-state index < -0.39 is 28.8 Å². The van der Waals surface area contributed by atoms with Crippen molar-refractivity contribution >= 4 is 10.8 Å². The van der Waals surface area contributed by atoms with Crippen molar-refractivity contribution in [3.8, 4) is 22.4 Å². The fraction of sp³-hybridized carbons (Fsp3) is 0.125. The second-order valence-corrected chi connectivity index (χ2v) is 7.49. The minimum Gasteiger partial charge on any atom is -0.304 e. The SMILES string of the molecule is CC1(C(F)(F)F)c2cc(-c3nccc4ccccc34)[c-]cc2-c2cc(F)cc(F)c21.[Pt]. The smallest absolute Gasteiger partial charge is 0.304 e. The van der Waals surface area contributed by atoms with Gasteiger partial charge in [-0.05, 0) is 41.1 Å². The Balaban J connectivity index is 0.00000231. The predicted molar refractivity (Wildman–Crippen MR) is 104 cm³/mol. The number of alkyl halides is 3. The Labute approximate surface area is 189 Å². The summed E-state index contributed by atoms with van der Waals surface area (Å²) in [6.07, 6.45) is -3.22. The summed E-state index contributed by atoms with van der Waals surface area (Å²) < 4.78 is 71.3. The molecule has 0 spiro atoms. The standard InChI is InChI=1S/C24H13F5N.Pt/c1-23(24(27,28)29)19-10-14(22-16-5-3-2-4-13(16)8-9-30-22)6-7-17(19)18-11-15(25)12-20(26)21(18)23;/h2-5,7-12H,1H3;/q-1;. The minimum absolute atomic E-state index is 0. The zero-order chi connectivity index (χ0) is 21.3. The van der Waals surface area contributed by atoms with Gasteiger partial charge in [0.25, 0.3) is 0 Å². The molecule has 0 amide bonds. The molecule has 0 saturated carbocycles. The average Bonchev–Trinajstić information content (AvgIpc) is 2.97. The number of fused-ring (bicyclic) bond motifs is 4. The summed E-state index contributed by atoms with van der Waals surface area (Å²) >= 11 is 0. The molecular formula is C24H13F5NPt-. The molecule has 3 aromatic carbocycles. The summed E-state index contributed by atoms with van der Waals surface area (Å²) in [6.45, 7) is 0.930. The number of aromatic nitrogens is 1. The number of hydrogen-bond acceptors (Lipinski definition) is 1. The zero-order valence-electron chi connectivity index (χ0n) is 15.9. The van der Waals surface area contributed by atoms with Crippen LogP contribution in [0.3, 0.4) is 0 Å². The van der Waals surface area contributed by atoms with Crippen LogP contribution in [-0.2, 0) is 26.5 Å². The van der Waals surface area contributed by atoms with Crippen molar-refractivity contribution < 1.29 is 43.0 Å². The van der Waals surface area contributed by atoms with Gasteiger partial charge in [-0.1, -0.05) is 29.8 Å². The third kappa shape index (κ3) is 3.03. The second-order valence-electron chi connectivity index (χ2n) is 7.49. The first-order valence-electron chi connectivity index (χ1n) is 9.19. The van der Waals surface area contributed by atoms with Crippen LogP contribution in [0.25, 0.3) is 33.2 Å². The number of nitrogens with zero attached hydrogens (tertiary/aromatic N) is 1. The molecule has 0 aliphatic heterocycles. The summed E-state index contributed by atoms with van der Waals surface area (Å²) in [4.78, 5) is 4.35. The molecule has 7 heteroatoms. The molecule has 0 N–H and O–H groups in total. The summed E-state index contributed by atoms with van der Waals surface area (Å²) in [6, 6.07) is 16.3. The van der Waals surface area contributed by atoms with Gasteiger partial charge in [-0.3, -0.25) is 0 Å². The number of benzene rings is 3. The van der Waals surface area contributed by atoms with Gasteiger partial charge in [0.2, 0.25) is 0 Å². The Morgan fingerprint density at radius 1 is 0.968 bits per heavy atom. The normalized spacial score (nSPS) is 17.2. The maximum atomic E-state index is 14.6. The van der Waals surface area contributed by atoms with Gasteiger partial charge in [-0.25, -0.2) is 8.78 Å². The first-order chi connectivity index (χ1) is 14.2. The van der Waals surface area contributed by atoms with E-state index in [-0.39, 0.29) is 37.8 Å². The average molecular weight is 605 g/mol. The molecule has 4 aromatic rings. The van der Waals surface area contributed by atoms with Crippen LogP contribution in [0.4, 0.5) is 22.0 Å². The van der Waals surface area contributed by atoms with E-state index in [2.05, 4.69) is 11.1 Å². The van der Waals surface area contributed by atoms with E-state index in [0.29, 0.717) is 17.3 Å². The van der Waals surface area contributed by atoms with Gasteiger partial charge in [-0.2, -0.15) is 13.2 Å². The van der Waals surface area contributed by atoms with Crippen LogP contribution in [0.1, 0.15) is 18.1 Å². The number of pyridine rings is 1. The summed E-state index contributed by atoms with van der Waals surface area (Å²) in [5.41, 5.74) is -2.48. The molecule has 0 radical (unpaired) electrons. The van der Waals surface area contributed by atoms with Crippen LogP contribution in [0.15, 0.2) is 60.8 Å². The van der Waals surface area contributed by atoms with E-state index >= 15 is 0 Å².